The molecule has 1 fully saturated rings. The minimum Gasteiger partial charge on any atom is -0.507 e. The van der Waals surface area contributed by atoms with Crippen LogP contribution in [0.1, 0.15) is 29.9 Å². The molecule has 9 heteroatoms. The molecule has 3 aromatic rings. The van der Waals surface area contributed by atoms with Gasteiger partial charge in [0.05, 0.1) is 36.0 Å². The first-order valence-electron chi connectivity index (χ1n) is 10.2. The summed E-state index contributed by atoms with van der Waals surface area (Å²) in [5, 5.41) is 22.1. The molecule has 4 rings (SSSR count). The van der Waals surface area contributed by atoms with Crippen molar-refractivity contribution in [2.75, 3.05) is 6.61 Å². The van der Waals surface area contributed by atoms with E-state index in [1.807, 2.05) is 6.92 Å². The summed E-state index contributed by atoms with van der Waals surface area (Å²) in [6.45, 7) is 2.31. The van der Waals surface area contributed by atoms with Gasteiger partial charge in [0, 0.05) is 17.7 Å². The van der Waals surface area contributed by atoms with Gasteiger partial charge >= 0.3 is 0 Å². The Morgan fingerprint density at radius 1 is 1.12 bits per heavy atom. The van der Waals surface area contributed by atoms with Gasteiger partial charge in [0.2, 0.25) is 0 Å². The number of aliphatic hydroxyl groups is 1. The van der Waals surface area contributed by atoms with Crippen LogP contribution in [-0.2, 0) is 16.1 Å². The molecule has 1 atom stereocenters. The number of furan rings is 1. The highest BCUT2D eigenvalue weighted by Gasteiger charge is 2.46. The van der Waals surface area contributed by atoms with Crippen molar-refractivity contribution in [2.24, 2.45) is 0 Å². The fraction of sp³-hybridized carbons (Fsp3) is 0.167. The van der Waals surface area contributed by atoms with E-state index >= 15 is 0 Å². The summed E-state index contributed by atoms with van der Waals surface area (Å²) in [5.41, 5.74) is 0.540. The van der Waals surface area contributed by atoms with Crippen LogP contribution in [0.3, 0.4) is 0 Å². The number of likely N-dealkylation sites (tertiary alicyclic amines) is 1. The summed E-state index contributed by atoms with van der Waals surface area (Å²) in [7, 11) is 0. The first-order valence-corrected chi connectivity index (χ1v) is 10.2. The lowest BCUT2D eigenvalue weighted by Crippen LogP contribution is -2.29. The molecular formula is C24H20N2O7. The third kappa shape index (κ3) is 4.20. The summed E-state index contributed by atoms with van der Waals surface area (Å²) in [4.78, 5) is 37.8. The number of ketones is 1. The Morgan fingerprint density at radius 2 is 1.82 bits per heavy atom. The Bertz CT molecular complexity index is 1210. The standard InChI is InChI=1S/C24H20N2O7/c1-2-32-18-11-7-16(8-12-18)22(27)20-21(15-5-9-17(10-6-15)26(30)31)25(24(29)23(20)28)14-19-4-3-13-33-19/h3-13,21,27H,2,14H2,1H3. The maximum Gasteiger partial charge on any atom is 0.296 e. The molecule has 1 N–H and O–H groups in total. The molecule has 1 saturated heterocycles. The van der Waals surface area contributed by atoms with Gasteiger partial charge in [0.25, 0.3) is 17.4 Å². The lowest BCUT2D eigenvalue weighted by atomic mass is 9.95. The van der Waals surface area contributed by atoms with Gasteiger partial charge in [-0.3, -0.25) is 19.7 Å². The molecule has 1 unspecified atom stereocenters. The van der Waals surface area contributed by atoms with Crippen molar-refractivity contribution in [1.29, 1.82) is 0 Å². The number of nitro benzene ring substituents is 1. The van der Waals surface area contributed by atoms with Crippen molar-refractivity contribution in [2.45, 2.75) is 19.5 Å². The van der Waals surface area contributed by atoms with Crippen LogP contribution >= 0.6 is 0 Å². The molecule has 1 aliphatic rings. The monoisotopic (exact) mass is 448 g/mol. The number of non-ortho nitro benzene ring substituents is 1. The average Bonchev–Trinajstić information content (AvgIpc) is 3.42. The third-order valence-electron chi connectivity index (χ3n) is 5.30. The molecule has 1 aliphatic heterocycles. The number of carbonyl (C=O) groups excluding carboxylic acids is 2. The Kier molecular flexibility index (Phi) is 5.95. The van der Waals surface area contributed by atoms with E-state index in [1.54, 1.807) is 36.4 Å². The third-order valence-corrected chi connectivity index (χ3v) is 5.30. The van der Waals surface area contributed by atoms with E-state index in [2.05, 4.69) is 0 Å². The normalized spacial score (nSPS) is 17.4. The van der Waals surface area contributed by atoms with Crippen LogP contribution in [0.15, 0.2) is 76.9 Å². The number of benzene rings is 2. The van der Waals surface area contributed by atoms with Gasteiger partial charge in [-0.05, 0) is 61.0 Å². The Hall–Kier alpha value is -4.40. The molecule has 2 heterocycles. The summed E-state index contributed by atoms with van der Waals surface area (Å²) < 4.78 is 10.8. The largest absolute Gasteiger partial charge is 0.507 e. The molecule has 1 aromatic heterocycles. The number of aliphatic hydroxyl groups excluding tert-OH is 1. The molecule has 1 amide bonds. The van der Waals surface area contributed by atoms with Crippen molar-refractivity contribution in [3.63, 3.8) is 0 Å². The zero-order valence-corrected chi connectivity index (χ0v) is 17.6. The predicted octanol–water partition coefficient (Wildman–Crippen LogP) is 4.21. The minimum atomic E-state index is -0.956. The number of hydrogen-bond acceptors (Lipinski definition) is 7. The molecule has 0 aliphatic carbocycles. The van der Waals surface area contributed by atoms with E-state index in [-0.39, 0.29) is 23.6 Å². The molecule has 0 saturated carbocycles. The van der Waals surface area contributed by atoms with E-state index < -0.39 is 22.7 Å². The van der Waals surface area contributed by atoms with Crippen molar-refractivity contribution in [1.82, 2.24) is 4.90 Å². The topological polar surface area (TPSA) is 123 Å². The van der Waals surface area contributed by atoms with E-state index in [0.717, 1.165) is 0 Å². The molecule has 168 valence electrons. The quantitative estimate of drug-likeness (QED) is 0.189. The number of carbonyl (C=O) groups is 2. The Labute approximate surface area is 188 Å². The van der Waals surface area contributed by atoms with Crippen LogP contribution in [0.5, 0.6) is 5.75 Å². The molecule has 0 radical (unpaired) electrons. The highest BCUT2D eigenvalue weighted by molar-refractivity contribution is 6.46. The average molecular weight is 448 g/mol. The van der Waals surface area contributed by atoms with Gasteiger partial charge in [0.15, 0.2) is 0 Å². The number of nitrogens with zero attached hydrogens (tertiary/aromatic N) is 2. The van der Waals surface area contributed by atoms with Crippen molar-refractivity contribution >= 4 is 23.1 Å². The maximum atomic E-state index is 13.0. The van der Waals surface area contributed by atoms with Gasteiger partial charge in [-0.25, -0.2) is 0 Å². The van der Waals surface area contributed by atoms with Crippen LogP contribution in [0.25, 0.3) is 5.76 Å². The van der Waals surface area contributed by atoms with Crippen molar-refractivity contribution < 1.29 is 28.8 Å². The predicted molar refractivity (Wildman–Crippen MR) is 117 cm³/mol. The number of ether oxygens (including phenoxy) is 1. The highest BCUT2D eigenvalue weighted by atomic mass is 16.6. The van der Waals surface area contributed by atoms with E-state index in [0.29, 0.717) is 29.2 Å². The molecule has 0 spiro atoms. The van der Waals surface area contributed by atoms with Gasteiger partial charge in [-0.1, -0.05) is 0 Å². The minimum absolute atomic E-state index is 0.0146. The summed E-state index contributed by atoms with van der Waals surface area (Å²) in [6.07, 6.45) is 1.45. The van der Waals surface area contributed by atoms with E-state index in [1.165, 1.54) is 35.4 Å². The van der Waals surface area contributed by atoms with Gasteiger partial charge < -0.3 is 19.2 Å². The van der Waals surface area contributed by atoms with Crippen LogP contribution in [0.2, 0.25) is 0 Å². The molecule has 0 bridgehead atoms. The number of rotatable bonds is 7. The second-order valence-electron chi connectivity index (χ2n) is 7.31. The van der Waals surface area contributed by atoms with Gasteiger partial charge in [-0.2, -0.15) is 0 Å². The van der Waals surface area contributed by atoms with Crippen molar-refractivity contribution in [3.05, 3.63) is 99.5 Å². The second kappa shape index (κ2) is 8.99. The zero-order chi connectivity index (χ0) is 23.5. The zero-order valence-electron chi connectivity index (χ0n) is 17.6. The fourth-order valence-electron chi connectivity index (χ4n) is 3.77. The van der Waals surface area contributed by atoms with Crippen LogP contribution in [0.4, 0.5) is 5.69 Å². The summed E-state index contributed by atoms with van der Waals surface area (Å²) in [6, 6.07) is 14.4. The van der Waals surface area contributed by atoms with Crippen LogP contribution in [0, 0.1) is 10.1 Å². The van der Waals surface area contributed by atoms with Crippen LogP contribution in [-0.4, -0.2) is 33.2 Å². The van der Waals surface area contributed by atoms with Crippen molar-refractivity contribution in [3.8, 4) is 5.75 Å². The second-order valence-corrected chi connectivity index (χ2v) is 7.31. The lowest BCUT2D eigenvalue weighted by molar-refractivity contribution is -0.384. The van der Waals surface area contributed by atoms with Gasteiger partial charge in [0.1, 0.15) is 17.3 Å². The summed E-state index contributed by atoms with van der Waals surface area (Å²) >= 11 is 0. The van der Waals surface area contributed by atoms with E-state index in [4.69, 9.17) is 9.15 Å². The highest BCUT2D eigenvalue weighted by Crippen LogP contribution is 2.40. The molecule has 33 heavy (non-hydrogen) atoms. The lowest BCUT2D eigenvalue weighted by Gasteiger charge is -2.24. The first kappa shape index (κ1) is 21.8. The molecule has 9 nitrogen and oxygen atoms in total. The maximum absolute atomic E-state index is 13.0. The Morgan fingerprint density at radius 3 is 2.39 bits per heavy atom. The Balaban J connectivity index is 1.81. The molecule has 2 aromatic carbocycles. The fourth-order valence-corrected chi connectivity index (χ4v) is 3.77. The molecular weight excluding hydrogens is 428 g/mol. The first-order chi connectivity index (χ1) is 15.9. The number of Topliss-reactive ketones (excluding diaryl/α,β-unsaturated/α-hetero) is 1. The van der Waals surface area contributed by atoms with Gasteiger partial charge in [-0.15, -0.1) is 0 Å². The smallest absolute Gasteiger partial charge is 0.296 e. The number of hydrogen-bond donors (Lipinski definition) is 1. The van der Waals surface area contributed by atoms with Crippen LogP contribution < -0.4 is 4.74 Å². The SMILES string of the molecule is CCOc1ccc(C(O)=C2C(=O)C(=O)N(Cc3ccco3)C2c2ccc([N+](=O)[O-])cc2)cc1. The number of amides is 1. The number of nitro groups is 1. The summed E-state index contributed by atoms with van der Waals surface area (Å²) in [5.74, 6) is -0.954. The van der Waals surface area contributed by atoms with E-state index in [9.17, 15) is 24.8 Å².